The van der Waals surface area contributed by atoms with Gasteiger partial charge in [-0.2, -0.15) is 0 Å². The summed E-state index contributed by atoms with van der Waals surface area (Å²) in [5, 5.41) is 10.4. The number of benzene rings is 1. The normalized spacial score (nSPS) is 16.0. The van der Waals surface area contributed by atoms with E-state index < -0.39 is 19.0 Å². The van der Waals surface area contributed by atoms with E-state index in [4.69, 9.17) is 14.0 Å². The molecule has 0 aliphatic rings. The van der Waals surface area contributed by atoms with Crippen LogP contribution in [0.2, 0.25) is 0 Å². The molecule has 0 spiro atoms. The minimum atomic E-state index is -3.36. The summed E-state index contributed by atoms with van der Waals surface area (Å²) in [7, 11) is -3.36. The maximum Gasteiger partial charge on any atom is 0.263 e. The third-order valence-corrected chi connectivity index (χ3v) is 6.62. The van der Waals surface area contributed by atoms with Crippen LogP contribution < -0.4 is 0 Å². The van der Waals surface area contributed by atoms with Crippen LogP contribution in [0.1, 0.15) is 33.3 Å². The average Bonchev–Trinajstić information content (AvgIpc) is 2.48. The molecule has 0 aliphatic heterocycles. The first-order valence-corrected chi connectivity index (χ1v) is 9.95. The smallest absolute Gasteiger partial charge is 0.263 e. The van der Waals surface area contributed by atoms with Crippen LogP contribution in [0, 0.1) is 0 Å². The van der Waals surface area contributed by atoms with Crippen molar-refractivity contribution in [3.63, 3.8) is 0 Å². The lowest BCUT2D eigenvalue weighted by Crippen LogP contribution is -2.37. The Hall–Kier alpha value is -0.710. The highest BCUT2D eigenvalue weighted by Crippen LogP contribution is 2.60. The number of rotatable bonds is 11. The molecule has 0 aromatic heterocycles. The Balaban J connectivity index is 2.91. The maximum atomic E-state index is 13.4. The van der Waals surface area contributed by atoms with Crippen LogP contribution >= 0.6 is 7.37 Å². The third kappa shape index (κ3) is 5.70. The lowest BCUT2D eigenvalue weighted by Gasteiger charge is -2.37. The zero-order valence-electron chi connectivity index (χ0n) is 14.5. The first-order chi connectivity index (χ1) is 10.9. The topological polar surface area (TPSA) is 65.0 Å². The first kappa shape index (κ1) is 20.3. The van der Waals surface area contributed by atoms with Crippen LogP contribution in [0.4, 0.5) is 0 Å². The molecule has 0 saturated heterocycles. The Bertz CT molecular complexity index is 485. The van der Waals surface area contributed by atoms with Crippen LogP contribution in [-0.4, -0.2) is 42.7 Å². The zero-order valence-corrected chi connectivity index (χ0v) is 15.4. The van der Waals surface area contributed by atoms with Gasteiger partial charge in [0.1, 0.15) is 0 Å². The summed E-state index contributed by atoms with van der Waals surface area (Å²) in [5.41, 5.74) is -0.359. The minimum Gasteiger partial charge on any atom is -0.392 e. The fourth-order valence-electron chi connectivity index (χ4n) is 2.55. The molecule has 0 radical (unpaired) electrons. The number of ether oxygens (including phenoxy) is 2. The third-order valence-electron chi connectivity index (χ3n) is 3.55. The summed E-state index contributed by atoms with van der Waals surface area (Å²) in [6.45, 7) is 8.00. The Morgan fingerprint density at radius 3 is 2.13 bits per heavy atom. The van der Waals surface area contributed by atoms with E-state index in [1.54, 1.807) is 13.8 Å². The van der Waals surface area contributed by atoms with Gasteiger partial charge in [-0.15, -0.1) is 0 Å². The predicted octanol–water partition coefficient (Wildman–Crippen LogP) is 3.65. The molecule has 2 unspecified atom stereocenters. The number of hydrogen-bond donors (Lipinski definition) is 1. The molecule has 0 heterocycles. The van der Waals surface area contributed by atoms with Crippen LogP contribution in [0.25, 0.3) is 0 Å². The van der Waals surface area contributed by atoms with Gasteiger partial charge < -0.3 is 19.1 Å². The lowest BCUT2D eigenvalue weighted by atomic mass is 10.1. The van der Waals surface area contributed by atoms with Crippen LogP contribution in [0.15, 0.2) is 30.3 Å². The second-order valence-corrected chi connectivity index (χ2v) is 8.16. The van der Waals surface area contributed by atoms with Gasteiger partial charge in [-0.25, -0.2) is 0 Å². The Morgan fingerprint density at radius 2 is 1.65 bits per heavy atom. The summed E-state index contributed by atoms with van der Waals surface area (Å²) >= 11 is 0. The number of aliphatic hydroxyl groups is 1. The standard InChI is InChI=1S/C17H29O5P/c1-5-20-17(4,21-6-2)23(19,22-7-3)14-16(18)13-15-11-9-8-10-12-15/h8-12,16,18H,5-7,13-14H2,1-4H3. The van der Waals surface area contributed by atoms with E-state index in [0.717, 1.165) is 5.56 Å². The SMILES string of the molecule is CCOC(C)(OCC)P(=O)(CC(O)Cc1ccccc1)OCC. The van der Waals surface area contributed by atoms with Crippen molar-refractivity contribution in [1.82, 2.24) is 0 Å². The van der Waals surface area contributed by atoms with Crippen LogP contribution in [0.5, 0.6) is 0 Å². The monoisotopic (exact) mass is 344 g/mol. The van der Waals surface area contributed by atoms with Gasteiger partial charge in [0.25, 0.3) is 7.37 Å². The van der Waals surface area contributed by atoms with Crippen molar-refractivity contribution in [3.8, 4) is 0 Å². The van der Waals surface area contributed by atoms with Crippen molar-refractivity contribution < 1.29 is 23.7 Å². The zero-order chi connectivity index (χ0) is 17.3. The summed E-state index contributed by atoms with van der Waals surface area (Å²) in [5.74, 6) is 0. The van der Waals surface area contributed by atoms with Crippen LogP contribution in [-0.2, 0) is 25.0 Å². The predicted molar refractivity (Wildman–Crippen MR) is 91.9 cm³/mol. The van der Waals surface area contributed by atoms with E-state index in [0.29, 0.717) is 19.6 Å². The lowest BCUT2D eigenvalue weighted by molar-refractivity contribution is -0.168. The number of hydrogen-bond acceptors (Lipinski definition) is 5. The summed E-state index contributed by atoms with van der Waals surface area (Å²) in [4.78, 5) is 0. The Kier molecular flexibility index (Phi) is 8.45. The van der Waals surface area contributed by atoms with Gasteiger partial charge in [0.2, 0.25) is 5.53 Å². The molecule has 132 valence electrons. The average molecular weight is 344 g/mol. The molecule has 0 bridgehead atoms. The minimum absolute atomic E-state index is 0.00770. The van der Waals surface area contributed by atoms with Crippen molar-refractivity contribution in [1.29, 1.82) is 0 Å². The van der Waals surface area contributed by atoms with Gasteiger partial charge in [-0.05, 0) is 39.7 Å². The van der Waals surface area contributed by atoms with Crippen LogP contribution in [0.3, 0.4) is 0 Å². The maximum absolute atomic E-state index is 13.4. The molecule has 6 heteroatoms. The molecule has 1 N–H and O–H groups in total. The van der Waals surface area contributed by atoms with Gasteiger partial charge in [0, 0.05) is 13.2 Å². The summed E-state index contributed by atoms with van der Waals surface area (Å²) < 4.78 is 30.2. The second kappa shape index (κ2) is 9.55. The fourth-order valence-corrected chi connectivity index (χ4v) is 4.97. The van der Waals surface area contributed by atoms with Crippen molar-refractivity contribution in [2.24, 2.45) is 0 Å². The van der Waals surface area contributed by atoms with Gasteiger partial charge >= 0.3 is 0 Å². The van der Waals surface area contributed by atoms with Crippen molar-refractivity contribution in [3.05, 3.63) is 35.9 Å². The fraction of sp³-hybridized carbons (Fsp3) is 0.647. The molecule has 5 nitrogen and oxygen atoms in total. The van der Waals surface area contributed by atoms with Gasteiger partial charge in [-0.1, -0.05) is 30.3 Å². The molecule has 0 amide bonds. The van der Waals surface area contributed by atoms with Gasteiger partial charge in [-0.3, -0.25) is 4.57 Å². The molecule has 1 aromatic rings. The van der Waals surface area contributed by atoms with E-state index in [9.17, 15) is 9.67 Å². The highest BCUT2D eigenvalue weighted by molar-refractivity contribution is 7.60. The number of aliphatic hydroxyl groups excluding tert-OH is 1. The molecule has 2 atom stereocenters. The largest absolute Gasteiger partial charge is 0.392 e. The van der Waals surface area contributed by atoms with Gasteiger partial charge in [0.15, 0.2) is 0 Å². The molecule has 0 aliphatic carbocycles. The van der Waals surface area contributed by atoms with Crippen molar-refractivity contribution in [2.45, 2.75) is 45.7 Å². The molecule has 0 saturated carbocycles. The van der Waals surface area contributed by atoms with E-state index in [1.165, 1.54) is 0 Å². The molecule has 1 rings (SSSR count). The molecular formula is C17H29O5P. The Labute approximate surface area is 139 Å². The summed E-state index contributed by atoms with van der Waals surface area (Å²) in [6, 6.07) is 9.60. The molecule has 23 heavy (non-hydrogen) atoms. The van der Waals surface area contributed by atoms with E-state index >= 15 is 0 Å². The Morgan fingerprint density at radius 1 is 1.09 bits per heavy atom. The van der Waals surface area contributed by atoms with Crippen molar-refractivity contribution in [2.75, 3.05) is 26.0 Å². The highest BCUT2D eigenvalue weighted by Gasteiger charge is 2.48. The molecule has 1 aromatic carbocycles. The second-order valence-electron chi connectivity index (χ2n) is 5.38. The molecule has 0 fully saturated rings. The van der Waals surface area contributed by atoms with E-state index in [-0.39, 0.29) is 12.8 Å². The van der Waals surface area contributed by atoms with E-state index in [2.05, 4.69) is 0 Å². The quantitative estimate of drug-likeness (QED) is 0.490. The van der Waals surface area contributed by atoms with Crippen molar-refractivity contribution >= 4 is 7.37 Å². The first-order valence-electron chi connectivity index (χ1n) is 8.14. The van der Waals surface area contributed by atoms with E-state index in [1.807, 2.05) is 44.2 Å². The summed E-state index contributed by atoms with van der Waals surface area (Å²) in [6.07, 6.45) is -0.395. The highest BCUT2D eigenvalue weighted by atomic mass is 31.2. The molecular weight excluding hydrogens is 315 g/mol. The van der Waals surface area contributed by atoms with Gasteiger partial charge in [0.05, 0.1) is 18.9 Å².